The normalized spacial score (nSPS) is 11.0. The van der Waals surface area contributed by atoms with E-state index >= 15 is 0 Å². The number of imidazole rings is 1. The standard InChI is InChI=1S/C24H20N6S2/c25-30-20(27-28-23(30)31)16-32-24-26-21(17-10-4-1-5-11-17)22(18-12-6-2-7-13-18)29(24)19-14-8-3-9-15-19/h1-15H,16,25H2,(H,28,31). The van der Waals surface area contributed by atoms with Gasteiger partial charge in [-0.05, 0) is 24.4 Å². The molecule has 32 heavy (non-hydrogen) atoms. The summed E-state index contributed by atoms with van der Waals surface area (Å²) in [6.45, 7) is 0. The summed E-state index contributed by atoms with van der Waals surface area (Å²) in [5.41, 5.74) is 5.16. The van der Waals surface area contributed by atoms with Crippen LogP contribution < -0.4 is 5.84 Å². The van der Waals surface area contributed by atoms with Crippen molar-refractivity contribution in [2.24, 2.45) is 0 Å². The number of H-pyrrole nitrogens is 1. The van der Waals surface area contributed by atoms with Crippen molar-refractivity contribution in [2.45, 2.75) is 10.9 Å². The zero-order valence-electron chi connectivity index (χ0n) is 17.1. The summed E-state index contributed by atoms with van der Waals surface area (Å²) < 4.78 is 3.99. The molecule has 3 N–H and O–H groups in total. The Morgan fingerprint density at radius 2 is 1.44 bits per heavy atom. The van der Waals surface area contributed by atoms with Gasteiger partial charge in [-0.1, -0.05) is 90.6 Å². The first-order valence-corrected chi connectivity index (χ1v) is 11.4. The number of para-hydroxylation sites is 1. The number of nitrogens with two attached hydrogens (primary N) is 1. The summed E-state index contributed by atoms with van der Waals surface area (Å²) in [5.74, 6) is 7.19. The summed E-state index contributed by atoms with van der Waals surface area (Å²) in [6, 6.07) is 30.9. The van der Waals surface area contributed by atoms with Crippen molar-refractivity contribution < 1.29 is 0 Å². The molecule has 0 unspecified atom stereocenters. The van der Waals surface area contributed by atoms with E-state index in [2.05, 4.69) is 51.2 Å². The third-order valence-electron chi connectivity index (χ3n) is 5.06. The Morgan fingerprint density at radius 1 is 0.844 bits per heavy atom. The SMILES string of the molecule is Nn1c(CSc2nc(-c3ccccc3)c(-c3ccccc3)n2-c2ccccc2)n[nH]c1=S. The van der Waals surface area contributed by atoms with Gasteiger partial charge in [-0.15, -0.1) is 0 Å². The van der Waals surface area contributed by atoms with Crippen LogP contribution in [-0.2, 0) is 5.75 Å². The van der Waals surface area contributed by atoms with Gasteiger partial charge in [-0.2, -0.15) is 5.10 Å². The second-order valence-electron chi connectivity index (χ2n) is 7.10. The largest absolute Gasteiger partial charge is 0.335 e. The van der Waals surface area contributed by atoms with Gasteiger partial charge in [-0.25, -0.2) is 9.66 Å². The maximum absolute atomic E-state index is 6.01. The minimum Gasteiger partial charge on any atom is -0.335 e. The minimum absolute atomic E-state index is 0.391. The van der Waals surface area contributed by atoms with Crippen molar-refractivity contribution in [2.75, 3.05) is 5.84 Å². The van der Waals surface area contributed by atoms with E-state index in [0.717, 1.165) is 33.4 Å². The van der Waals surface area contributed by atoms with Crippen LogP contribution in [0.25, 0.3) is 28.2 Å². The van der Waals surface area contributed by atoms with Crippen molar-refractivity contribution in [3.8, 4) is 28.2 Å². The highest BCUT2D eigenvalue weighted by atomic mass is 32.2. The fourth-order valence-electron chi connectivity index (χ4n) is 3.54. The van der Waals surface area contributed by atoms with Crippen LogP contribution in [-0.4, -0.2) is 24.4 Å². The monoisotopic (exact) mass is 456 g/mol. The van der Waals surface area contributed by atoms with Crippen molar-refractivity contribution in [1.82, 2.24) is 24.4 Å². The molecule has 0 radical (unpaired) electrons. The minimum atomic E-state index is 0.391. The fraction of sp³-hybridized carbons (Fsp3) is 0.0417. The van der Waals surface area contributed by atoms with Gasteiger partial charge < -0.3 is 5.84 Å². The van der Waals surface area contributed by atoms with Crippen LogP contribution in [0, 0.1) is 4.77 Å². The summed E-state index contributed by atoms with van der Waals surface area (Å²) in [4.78, 5) is 5.10. The van der Waals surface area contributed by atoms with Crippen molar-refractivity contribution in [3.05, 3.63) is 102 Å². The molecule has 5 rings (SSSR count). The number of nitrogens with zero attached hydrogens (tertiary/aromatic N) is 4. The van der Waals surface area contributed by atoms with E-state index < -0.39 is 0 Å². The van der Waals surface area contributed by atoms with E-state index in [1.807, 2.05) is 54.6 Å². The van der Waals surface area contributed by atoms with Crippen molar-refractivity contribution >= 4 is 24.0 Å². The second kappa shape index (κ2) is 8.86. The highest BCUT2D eigenvalue weighted by Crippen LogP contribution is 2.38. The fourth-order valence-corrected chi connectivity index (χ4v) is 4.64. The third kappa shape index (κ3) is 3.86. The molecule has 0 atom stereocenters. The van der Waals surface area contributed by atoms with Crippen LogP contribution in [0.4, 0.5) is 0 Å². The molecule has 0 bridgehead atoms. The molecule has 0 aliphatic heterocycles. The predicted octanol–water partition coefficient (Wildman–Crippen LogP) is 5.47. The number of aromatic amines is 1. The van der Waals surface area contributed by atoms with Gasteiger partial charge in [0.15, 0.2) is 11.0 Å². The molecule has 0 spiro atoms. The molecule has 0 fully saturated rings. The lowest BCUT2D eigenvalue weighted by atomic mass is 10.0. The van der Waals surface area contributed by atoms with Crippen LogP contribution in [0.5, 0.6) is 0 Å². The van der Waals surface area contributed by atoms with Crippen LogP contribution in [0.3, 0.4) is 0 Å². The zero-order chi connectivity index (χ0) is 21.9. The maximum atomic E-state index is 6.01. The molecule has 0 aliphatic rings. The topological polar surface area (TPSA) is 77.5 Å². The molecule has 0 aliphatic carbocycles. The molecule has 6 nitrogen and oxygen atoms in total. The summed E-state index contributed by atoms with van der Waals surface area (Å²) >= 11 is 6.72. The lowest BCUT2D eigenvalue weighted by Gasteiger charge is -2.13. The zero-order valence-corrected chi connectivity index (χ0v) is 18.7. The van der Waals surface area contributed by atoms with Gasteiger partial charge in [0.1, 0.15) is 0 Å². The van der Waals surface area contributed by atoms with Crippen molar-refractivity contribution in [3.63, 3.8) is 0 Å². The molecular weight excluding hydrogens is 436 g/mol. The Morgan fingerprint density at radius 3 is 2.03 bits per heavy atom. The van der Waals surface area contributed by atoms with Gasteiger partial charge in [-0.3, -0.25) is 9.67 Å². The lowest BCUT2D eigenvalue weighted by Crippen LogP contribution is -2.12. The molecular formula is C24H20N6S2. The Balaban J connectivity index is 1.71. The molecule has 0 saturated carbocycles. The molecule has 8 heteroatoms. The first-order valence-electron chi connectivity index (χ1n) is 10.1. The summed E-state index contributed by atoms with van der Waals surface area (Å²) in [6.07, 6.45) is 0. The number of benzene rings is 3. The number of rotatable bonds is 6. The molecule has 158 valence electrons. The molecule has 5 aromatic rings. The average molecular weight is 457 g/mol. The number of nitrogen functional groups attached to an aromatic ring is 1. The van der Waals surface area contributed by atoms with E-state index in [-0.39, 0.29) is 0 Å². The van der Waals surface area contributed by atoms with E-state index in [9.17, 15) is 0 Å². The Labute approximate surface area is 194 Å². The first-order chi connectivity index (χ1) is 15.7. The van der Waals surface area contributed by atoms with Crippen LogP contribution in [0.2, 0.25) is 0 Å². The van der Waals surface area contributed by atoms with E-state index in [4.69, 9.17) is 23.0 Å². The molecule has 0 amide bonds. The van der Waals surface area contributed by atoms with Crippen LogP contribution in [0.1, 0.15) is 5.82 Å². The summed E-state index contributed by atoms with van der Waals surface area (Å²) in [7, 11) is 0. The van der Waals surface area contributed by atoms with Gasteiger partial charge in [0.2, 0.25) is 4.77 Å². The molecule has 3 aromatic carbocycles. The quantitative estimate of drug-likeness (QED) is 0.201. The first kappa shape index (κ1) is 20.3. The second-order valence-corrected chi connectivity index (χ2v) is 8.43. The number of aromatic nitrogens is 5. The number of hydrogen-bond acceptors (Lipinski definition) is 5. The predicted molar refractivity (Wildman–Crippen MR) is 132 cm³/mol. The van der Waals surface area contributed by atoms with Gasteiger partial charge in [0, 0.05) is 16.8 Å². The van der Waals surface area contributed by atoms with Gasteiger partial charge in [0.25, 0.3) is 0 Å². The highest BCUT2D eigenvalue weighted by Gasteiger charge is 2.22. The summed E-state index contributed by atoms with van der Waals surface area (Å²) in [5, 5.41) is 7.83. The van der Waals surface area contributed by atoms with E-state index in [0.29, 0.717) is 16.3 Å². The molecule has 0 saturated heterocycles. The average Bonchev–Trinajstić information content (AvgIpc) is 3.39. The van der Waals surface area contributed by atoms with E-state index in [1.54, 1.807) is 11.8 Å². The highest BCUT2D eigenvalue weighted by molar-refractivity contribution is 7.98. The van der Waals surface area contributed by atoms with Crippen molar-refractivity contribution in [1.29, 1.82) is 0 Å². The van der Waals surface area contributed by atoms with E-state index in [1.165, 1.54) is 4.68 Å². The van der Waals surface area contributed by atoms with Crippen LogP contribution in [0.15, 0.2) is 96.2 Å². The smallest absolute Gasteiger partial charge is 0.214 e. The van der Waals surface area contributed by atoms with Crippen LogP contribution >= 0.6 is 24.0 Å². The number of hydrogen-bond donors (Lipinski definition) is 2. The number of nitrogens with one attached hydrogen (secondary N) is 1. The molecule has 2 heterocycles. The van der Waals surface area contributed by atoms with Gasteiger partial charge >= 0.3 is 0 Å². The lowest BCUT2D eigenvalue weighted by molar-refractivity contribution is 0.882. The number of thioether (sulfide) groups is 1. The Kier molecular flexibility index (Phi) is 5.62. The Hall–Kier alpha value is -3.62. The maximum Gasteiger partial charge on any atom is 0.214 e. The Bertz CT molecular complexity index is 1390. The third-order valence-corrected chi connectivity index (χ3v) is 6.29. The van der Waals surface area contributed by atoms with Gasteiger partial charge in [0.05, 0.1) is 17.1 Å². The molecule has 2 aromatic heterocycles.